The second kappa shape index (κ2) is 6.15. The van der Waals surface area contributed by atoms with Gasteiger partial charge in [-0.1, -0.05) is 12.1 Å². The molecule has 0 aromatic heterocycles. The van der Waals surface area contributed by atoms with Crippen molar-refractivity contribution >= 4 is 5.69 Å². The molecule has 0 aliphatic carbocycles. The van der Waals surface area contributed by atoms with Crippen LogP contribution in [0.1, 0.15) is 17.5 Å². The van der Waals surface area contributed by atoms with Crippen molar-refractivity contribution in [3.8, 4) is 0 Å². The van der Waals surface area contributed by atoms with Crippen LogP contribution in [0.2, 0.25) is 0 Å². The lowest BCUT2D eigenvalue weighted by Crippen LogP contribution is -2.44. The minimum absolute atomic E-state index is 1.18. The van der Waals surface area contributed by atoms with E-state index in [1.807, 2.05) is 0 Å². The highest BCUT2D eigenvalue weighted by atomic mass is 15.2. The van der Waals surface area contributed by atoms with Gasteiger partial charge in [0.25, 0.3) is 0 Å². The first kappa shape index (κ1) is 13.9. The second-order valence-electron chi connectivity index (χ2n) is 6.38. The molecule has 0 N–H and O–H groups in total. The largest absolute Gasteiger partial charge is 0.374 e. The molecule has 3 rings (SSSR count). The van der Waals surface area contributed by atoms with Gasteiger partial charge in [0.1, 0.15) is 0 Å². The number of hydrogen-bond donors (Lipinski definition) is 0. The fourth-order valence-corrected chi connectivity index (χ4v) is 3.35. The summed E-state index contributed by atoms with van der Waals surface area (Å²) in [7, 11) is 4.41. The van der Waals surface area contributed by atoms with Crippen LogP contribution in [0.25, 0.3) is 0 Å². The molecule has 20 heavy (non-hydrogen) atoms. The van der Waals surface area contributed by atoms with E-state index in [-0.39, 0.29) is 0 Å². The highest BCUT2D eigenvalue weighted by Gasteiger charge is 2.16. The van der Waals surface area contributed by atoms with Crippen LogP contribution in [0.5, 0.6) is 0 Å². The molecule has 0 bridgehead atoms. The SMILES string of the molecule is CN1CCN(CCCc2ccc3c(c2)CCN3C)CC1. The minimum atomic E-state index is 1.18. The summed E-state index contributed by atoms with van der Waals surface area (Å²) in [5.74, 6) is 0. The lowest BCUT2D eigenvalue weighted by atomic mass is 10.0. The quantitative estimate of drug-likeness (QED) is 0.829. The number of anilines is 1. The Morgan fingerprint density at radius 3 is 2.60 bits per heavy atom. The van der Waals surface area contributed by atoms with Crippen LogP contribution in [0.15, 0.2) is 18.2 Å². The summed E-state index contributed by atoms with van der Waals surface area (Å²) in [6.45, 7) is 7.37. The third-order valence-corrected chi connectivity index (χ3v) is 4.81. The van der Waals surface area contributed by atoms with Gasteiger partial charge in [0, 0.05) is 45.5 Å². The predicted octanol–water partition coefficient (Wildman–Crippen LogP) is 1.86. The molecular formula is C17H27N3. The molecule has 3 nitrogen and oxygen atoms in total. The number of likely N-dealkylation sites (N-methyl/N-ethyl adjacent to an activating group) is 2. The van der Waals surface area contributed by atoms with E-state index >= 15 is 0 Å². The van der Waals surface area contributed by atoms with Gasteiger partial charge in [-0.25, -0.2) is 0 Å². The molecule has 0 radical (unpaired) electrons. The van der Waals surface area contributed by atoms with Crippen LogP contribution >= 0.6 is 0 Å². The molecule has 1 saturated heterocycles. The molecule has 1 fully saturated rings. The monoisotopic (exact) mass is 273 g/mol. The number of aryl methyl sites for hydroxylation is 1. The van der Waals surface area contributed by atoms with Crippen molar-refractivity contribution < 1.29 is 0 Å². The number of nitrogens with zero attached hydrogens (tertiary/aromatic N) is 3. The van der Waals surface area contributed by atoms with Gasteiger partial charge in [-0.2, -0.15) is 0 Å². The van der Waals surface area contributed by atoms with Gasteiger partial charge < -0.3 is 14.7 Å². The van der Waals surface area contributed by atoms with Gasteiger partial charge in [0.2, 0.25) is 0 Å². The van der Waals surface area contributed by atoms with Crippen molar-refractivity contribution in [1.82, 2.24) is 9.80 Å². The Hall–Kier alpha value is -1.06. The third-order valence-electron chi connectivity index (χ3n) is 4.81. The number of benzene rings is 1. The van der Waals surface area contributed by atoms with Crippen molar-refractivity contribution in [3.63, 3.8) is 0 Å². The van der Waals surface area contributed by atoms with Crippen LogP contribution in [-0.4, -0.2) is 63.2 Å². The normalized spacial score (nSPS) is 20.4. The number of rotatable bonds is 4. The average molecular weight is 273 g/mol. The van der Waals surface area contributed by atoms with E-state index in [9.17, 15) is 0 Å². The highest BCUT2D eigenvalue weighted by Crippen LogP contribution is 2.27. The van der Waals surface area contributed by atoms with Crippen molar-refractivity contribution in [1.29, 1.82) is 0 Å². The highest BCUT2D eigenvalue weighted by molar-refractivity contribution is 5.58. The standard InChI is InChI=1S/C17H27N3/c1-18-10-12-20(13-11-18)8-3-4-15-5-6-17-16(14-15)7-9-19(17)2/h5-6,14H,3-4,7-13H2,1-2H3. The molecular weight excluding hydrogens is 246 g/mol. The summed E-state index contributed by atoms with van der Waals surface area (Å²) < 4.78 is 0. The molecule has 2 aliphatic rings. The van der Waals surface area contributed by atoms with E-state index in [2.05, 4.69) is 47.0 Å². The molecule has 0 spiro atoms. The number of fused-ring (bicyclic) bond motifs is 1. The maximum absolute atomic E-state index is 2.61. The maximum Gasteiger partial charge on any atom is 0.0397 e. The summed E-state index contributed by atoms with van der Waals surface area (Å²) in [4.78, 5) is 7.40. The van der Waals surface area contributed by atoms with Crippen LogP contribution in [0.3, 0.4) is 0 Å². The maximum atomic E-state index is 2.61. The minimum Gasteiger partial charge on any atom is -0.374 e. The predicted molar refractivity (Wildman–Crippen MR) is 85.7 cm³/mol. The summed E-state index contributed by atoms with van der Waals surface area (Å²) in [6, 6.07) is 7.07. The van der Waals surface area contributed by atoms with Gasteiger partial charge in [-0.3, -0.25) is 0 Å². The van der Waals surface area contributed by atoms with E-state index in [1.165, 1.54) is 69.8 Å². The number of hydrogen-bond acceptors (Lipinski definition) is 3. The Kier molecular flexibility index (Phi) is 4.27. The zero-order chi connectivity index (χ0) is 13.9. The van der Waals surface area contributed by atoms with Crippen LogP contribution < -0.4 is 4.90 Å². The van der Waals surface area contributed by atoms with E-state index in [1.54, 1.807) is 5.56 Å². The van der Waals surface area contributed by atoms with E-state index in [0.717, 1.165) is 0 Å². The van der Waals surface area contributed by atoms with Crippen LogP contribution in [0.4, 0.5) is 5.69 Å². The fourth-order valence-electron chi connectivity index (χ4n) is 3.35. The Morgan fingerprint density at radius 1 is 1.00 bits per heavy atom. The Labute approximate surface area is 123 Å². The van der Waals surface area contributed by atoms with E-state index in [0.29, 0.717) is 0 Å². The molecule has 1 aromatic rings. The van der Waals surface area contributed by atoms with E-state index in [4.69, 9.17) is 0 Å². The van der Waals surface area contributed by atoms with Gasteiger partial charge in [0.15, 0.2) is 0 Å². The first-order valence-electron chi connectivity index (χ1n) is 7.96. The molecule has 0 saturated carbocycles. The summed E-state index contributed by atoms with van der Waals surface area (Å²) in [5, 5.41) is 0. The lowest BCUT2D eigenvalue weighted by Gasteiger charge is -2.32. The van der Waals surface area contributed by atoms with Crippen LogP contribution in [-0.2, 0) is 12.8 Å². The fraction of sp³-hybridized carbons (Fsp3) is 0.647. The molecule has 110 valence electrons. The van der Waals surface area contributed by atoms with Gasteiger partial charge in [-0.15, -0.1) is 0 Å². The smallest absolute Gasteiger partial charge is 0.0397 e. The van der Waals surface area contributed by atoms with Crippen LogP contribution in [0, 0.1) is 0 Å². The molecule has 0 amide bonds. The van der Waals surface area contributed by atoms with Gasteiger partial charge in [-0.05, 0) is 50.0 Å². The Balaban J connectivity index is 1.47. The first-order valence-corrected chi connectivity index (χ1v) is 7.96. The lowest BCUT2D eigenvalue weighted by molar-refractivity contribution is 0.153. The summed E-state index contributed by atoms with van der Waals surface area (Å²) >= 11 is 0. The van der Waals surface area contributed by atoms with Crippen molar-refractivity contribution in [2.45, 2.75) is 19.3 Å². The van der Waals surface area contributed by atoms with Gasteiger partial charge >= 0.3 is 0 Å². The Bertz CT molecular complexity index is 450. The zero-order valence-electron chi connectivity index (χ0n) is 12.9. The van der Waals surface area contributed by atoms with Gasteiger partial charge in [0.05, 0.1) is 0 Å². The van der Waals surface area contributed by atoms with Crippen molar-refractivity contribution in [3.05, 3.63) is 29.3 Å². The molecule has 2 aliphatic heterocycles. The molecule has 0 atom stereocenters. The molecule has 1 aromatic carbocycles. The first-order chi connectivity index (χ1) is 9.72. The molecule has 0 unspecified atom stereocenters. The average Bonchev–Trinajstić information content (AvgIpc) is 2.82. The van der Waals surface area contributed by atoms with Crippen molar-refractivity contribution in [2.24, 2.45) is 0 Å². The number of piperazine rings is 1. The topological polar surface area (TPSA) is 9.72 Å². The Morgan fingerprint density at radius 2 is 1.80 bits per heavy atom. The summed E-state index contributed by atoms with van der Waals surface area (Å²) in [5.41, 5.74) is 4.51. The zero-order valence-corrected chi connectivity index (χ0v) is 12.9. The molecule has 2 heterocycles. The summed E-state index contributed by atoms with van der Waals surface area (Å²) in [6.07, 6.45) is 3.74. The third kappa shape index (κ3) is 3.15. The molecule has 3 heteroatoms. The second-order valence-corrected chi connectivity index (χ2v) is 6.38. The van der Waals surface area contributed by atoms with Crippen molar-refractivity contribution in [2.75, 3.05) is 58.3 Å². The van der Waals surface area contributed by atoms with E-state index < -0.39 is 0 Å².